The predicted octanol–water partition coefficient (Wildman–Crippen LogP) is 7.06. The Bertz CT molecular complexity index is 311. The van der Waals surface area contributed by atoms with Crippen LogP contribution in [-0.2, 0) is 0 Å². The van der Waals surface area contributed by atoms with Crippen molar-refractivity contribution < 1.29 is 0 Å². The van der Waals surface area contributed by atoms with Gasteiger partial charge in [0.05, 0.1) is 0 Å². The molecule has 0 amide bonds. The molecule has 0 spiro atoms. The summed E-state index contributed by atoms with van der Waals surface area (Å²) in [6, 6.07) is 2.94. The van der Waals surface area contributed by atoms with Crippen LogP contribution in [0.5, 0.6) is 0 Å². The first-order valence-corrected chi connectivity index (χ1v) is 13.9. The van der Waals surface area contributed by atoms with E-state index in [1.807, 2.05) is 0 Å². The molecule has 0 N–H and O–H groups in total. The van der Waals surface area contributed by atoms with Crippen LogP contribution in [-0.4, -0.2) is 19.6 Å². The van der Waals surface area contributed by atoms with E-state index < -0.39 is 8.07 Å². The first-order chi connectivity index (χ1) is 10.8. The quantitative estimate of drug-likeness (QED) is 0.197. The van der Waals surface area contributed by atoms with E-state index in [-0.39, 0.29) is 0 Å². The average molecular weight is 339 g/mol. The fourth-order valence-electron chi connectivity index (χ4n) is 3.08. The summed E-state index contributed by atoms with van der Waals surface area (Å²) in [6.45, 7) is 4.72. The second-order valence-electron chi connectivity index (χ2n) is 7.20. The van der Waals surface area contributed by atoms with Gasteiger partial charge < -0.3 is 0 Å². The summed E-state index contributed by atoms with van der Waals surface area (Å²) in [5.74, 6) is 6.14. The van der Waals surface area contributed by atoms with E-state index in [1.165, 1.54) is 101 Å². The summed E-state index contributed by atoms with van der Waals surface area (Å²) in [5, 5.41) is 0. The molecule has 1 aliphatic heterocycles. The molecule has 0 aromatic heterocycles. The van der Waals surface area contributed by atoms with E-state index in [1.54, 1.807) is 0 Å². The number of hydrogen-bond donors (Lipinski definition) is 0. The molecule has 1 rings (SSSR count). The molecule has 0 aromatic carbocycles. The lowest BCUT2D eigenvalue weighted by atomic mass is 10.1. The first-order valence-electron chi connectivity index (χ1n) is 9.85. The van der Waals surface area contributed by atoms with Crippen LogP contribution in [0.2, 0.25) is 18.6 Å². The molecule has 0 unspecified atom stereocenters. The van der Waals surface area contributed by atoms with E-state index in [4.69, 9.17) is 0 Å². The van der Waals surface area contributed by atoms with E-state index in [2.05, 4.69) is 36.7 Å². The van der Waals surface area contributed by atoms with Gasteiger partial charge in [-0.05, 0) is 36.4 Å². The van der Waals surface area contributed by atoms with Gasteiger partial charge in [-0.1, -0.05) is 71.3 Å². The van der Waals surface area contributed by atoms with Gasteiger partial charge in [0.1, 0.15) is 8.07 Å². The molecule has 0 radical (unpaired) electrons. The third-order valence-electron chi connectivity index (χ3n) is 4.89. The van der Waals surface area contributed by atoms with Crippen LogP contribution in [0.15, 0.2) is 0 Å². The molecule has 22 heavy (non-hydrogen) atoms. The molecule has 0 atom stereocenters. The third-order valence-corrected chi connectivity index (χ3v) is 9.57. The smallest absolute Gasteiger partial charge is 0.135 e. The molecule has 2 heteroatoms. The molecule has 0 saturated carbocycles. The topological polar surface area (TPSA) is 0 Å². The molecular formula is C20H38SSi. The van der Waals surface area contributed by atoms with Crippen LogP contribution in [0.1, 0.15) is 84.0 Å². The molecular weight excluding hydrogens is 300 g/mol. The van der Waals surface area contributed by atoms with Crippen LogP contribution in [0, 0.1) is 11.5 Å². The summed E-state index contributed by atoms with van der Waals surface area (Å²) in [7, 11) is -0.964. The standard InChI is InChI=1S/C20H38SSi/c1-3-21-17-14-12-10-8-6-4-5-7-9-11-13-15-18-22(2)19-16-20-22/h3-14,16-17,19-20H2,1-2H3. The zero-order valence-corrected chi connectivity index (χ0v) is 17.0. The monoisotopic (exact) mass is 338 g/mol. The number of hydrogen-bond acceptors (Lipinski definition) is 1. The Kier molecular flexibility index (Phi) is 12.4. The Morgan fingerprint density at radius 3 is 1.86 bits per heavy atom. The van der Waals surface area contributed by atoms with Gasteiger partial charge in [-0.3, -0.25) is 0 Å². The van der Waals surface area contributed by atoms with E-state index in [0.29, 0.717) is 0 Å². The first kappa shape index (κ1) is 20.2. The summed E-state index contributed by atoms with van der Waals surface area (Å²) in [6.07, 6.45) is 17.0. The van der Waals surface area contributed by atoms with Crippen molar-refractivity contribution in [1.82, 2.24) is 0 Å². The average Bonchev–Trinajstić information content (AvgIpc) is 2.49. The Balaban J connectivity index is 1.73. The molecule has 128 valence electrons. The Morgan fingerprint density at radius 2 is 1.36 bits per heavy atom. The maximum Gasteiger partial charge on any atom is 0.135 e. The summed E-state index contributed by atoms with van der Waals surface area (Å²) in [4.78, 5) is 0. The van der Waals surface area contributed by atoms with Crippen molar-refractivity contribution in [2.75, 3.05) is 11.5 Å². The lowest BCUT2D eigenvalue weighted by Gasteiger charge is -2.30. The number of thioether (sulfide) groups is 1. The minimum absolute atomic E-state index is 0.964. The lowest BCUT2D eigenvalue weighted by Crippen LogP contribution is -2.36. The lowest BCUT2D eigenvalue weighted by molar-refractivity contribution is 0.559. The van der Waals surface area contributed by atoms with Crippen molar-refractivity contribution in [3.63, 3.8) is 0 Å². The van der Waals surface area contributed by atoms with Gasteiger partial charge in [0, 0.05) is 6.42 Å². The van der Waals surface area contributed by atoms with Gasteiger partial charge in [0.25, 0.3) is 0 Å². The van der Waals surface area contributed by atoms with Crippen molar-refractivity contribution in [1.29, 1.82) is 0 Å². The second kappa shape index (κ2) is 13.6. The Hall–Kier alpha value is 0.127. The van der Waals surface area contributed by atoms with E-state index in [9.17, 15) is 0 Å². The molecule has 1 aliphatic rings. The minimum atomic E-state index is -0.964. The number of rotatable bonds is 13. The fourth-order valence-corrected chi connectivity index (χ4v) is 6.00. The maximum atomic E-state index is 3.63. The van der Waals surface area contributed by atoms with Gasteiger partial charge >= 0.3 is 0 Å². The Labute approximate surface area is 145 Å². The van der Waals surface area contributed by atoms with Crippen LogP contribution in [0.4, 0.5) is 0 Å². The summed E-state index contributed by atoms with van der Waals surface area (Å²) >= 11 is 2.09. The van der Waals surface area contributed by atoms with Crippen molar-refractivity contribution >= 4 is 19.8 Å². The van der Waals surface area contributed by atoms with Gasteiger partial charge in [-0.2, -0.15) is 11.8 Å². The number of unbranched alkanes of at least 4 members (excludes halogenated alkanes) is 10. The maximum absolute atomic E-state index is 3.63. The van der Waals surface area contributed by atoms with Crippen LogP contribution >= 0.6 is 11.8 Å². The molecule has 0 nitrogen and oxygen atoms in total. The molecule has 1 heterocycles. The highest BCUT2D eigenvalue weighted by Gasteiger charge is 2.32. The van der Waals surface area contributed by atoms with E-state index in [0.717, 1.165) is 0 Å². The highest BCUT2D eigenvalue weighted by Crippen LogP contribution is 2.31. The van der Waals surface area contributed by atoms with E-state index >= 15 is 0 Å². The Morgan fingerprint density at radius 1 is 0.818 bits per heavy atom. The van der Waals surface area contributed by atoms with Crippen LogP contribution in [0.25, 0.3) is 0 Å². The van der Waals surface area contributed by atoms with Gasteiger partial charge in [0.2, 0.25) is 0 Å². The molecule has 1 saturated heterocycles. The van der Waals surface area contributed by atoms with Crippen LogP contribution in [0.3, 0.4) is 0 Å². The molecule has 1 fully saturated rings. The SMILES string of the molecule is CCSCCCCCCCCCCCCC#C[Si]1(C)CCC1. The minimum Gasteiger partial charge on any atom is -0.162 e. The van der Waals surface area contributed by atoms with Gasteiger partial charge in [-0.25, -0.2) is 0 Å². The van der Waals surface area contributed by atoms with Crippen LogP contribution < -0.4 is 0 Å². The van der Waals surface area contributed by atoms with Crippen molar-refractivity contribution in [3.8, 4) is 11.5 Å². The van der Waals surface area contributed by atoms with Gasteiger partial charge in [-0.15, -0.1) is 11.5 Å². The second-order valence-corrected chi connectivity index (χ2v) is 13.0. The highest BCUT2D eigenvalue weighted by atomic mass is 32.2. The zero-order chi connectivity index (χ0) is 15.9. The molecule has 0 aromatic rings. The predicted molar refractivity (Wildman–Crippen MR) is 107 cm³/mol. The van der Waals surface area contributed by atoms with Crippen molar-refractivity contribution in [2.24, 2.45) is 0 Å². The normalized spacial score (nSPS) is 15.9. The van der Waals surface area contributed by atoms with Crippen molar-refractivity contribution in [2.45, 2.75) is 103 Å². The summed E-state index contributed by atoms with van der Waals surface area (Å²) < 4.78 is 0. The third kappa shape index (κ3) is 10.8. The summed E-state index contributed by atoms with van der Waals surface area (Å²) in [5.41, 5.74) is 3.63. The molecule has 0 bridgehead atoms. The fraction of sp³-hybridized carbons (Fsp3) is 0.900. The molecule has 0 aliphatic carbocycles. The van der Waals surface area contributed by atoms with Gasteiger partial charge in [0.15, 0.2) is 0 Å². The highest BCUT2D eigenvalue weighted by molar-refractivity contribution is 7.99. The largest absolute Gasteiger partial charge is 0.162 e. The van der Waals surface area contributed by atoms with Crippen molar-refractivity contribution in [3.05, 3.63) is 0 Å². The zero-order valence-electron chi connectivity index (χ0n) is 15.2.